The molecule has 17 heavy (non-hydrogen) atoms. The highest BCUT2D eigenvalue weighted by atomic mass is 32.1. The summed E-state index contributed by atoms with van der Waals surface area (Å²) in [6.45, 7) is 0. The first-order valence-corrected chi connectivity index (χ1v) is 5.11. The predicted octanol–water partition coefficient (Wildman–Crippen LogP) is 1.30. The number of rotatable bonds is 3. The Morgan fingerprint density at radius 3 is 2.59 bits per heavy atom. The number of aromatic nitrogens is 1. The van der Waals surface area contributed by atoms with Crippen molar-refractivity contribution in [2.45, 2.75) is 12.6 Å². The smallest absolute Gasteiger partial charge is 0.471 e. The van der Waals surface area contributed by atoms with Crippen LogP contribution in [-0.2, 0) is 16.0 Å². The lowest BCUT2D eigenvalue weighted by Gasteiger charge is -2.15. The number of amides is 1. The number of hydrogen-bond donors (Lipinski definition) is 1. The van der Waals surface area contributed by atoms with Crippen LogP contribution in [0.2, 0.25) is 0 Å². The Hall–Kier alpha value is -1.64. The quantitative estimate of drug-likeness (QED) is 0.896. The molecular formula is C8H7F3N2O3S. The minimum Gasteiger partial charge on any atom is -0.481 e. The van der Waals surface area contributed by atoms with E-state index in [0.717, 1.165) is 18.4 Å². The molecule has 0 radical (unpaired) electrons. The van der Waals surface area contributed by atoms with Gasteiger partial charge in [-0.2, -0.15) is 13.2 Å². The molecule has 9 heteroatoms. The van der Waals surface area contributed by atoms with Crippen molar-refractivity contribution in [3.63, 3.8) is 0 Å². The molecule has 1 N–H and O–H groups in total. The van der Waals surface area contributed by atoms with E-state index in [-0.39, 0.29) is 10.8 Å². The number of carbonyl (C=O) groups is 2. The van der Waals surface area contributed by atoms with Gasteiger partial charge in [-0.05, 0) is 0 Å². The van der Waals surface area contributed by atoms with Crippen LogP contribution in [0, 0.1) is 0 Å². The maximum Gasteiger partial charge on any atom is 0.471 e. The molecule has 0 saturated heterocycles. The number of carboxylic acid groups (broad SMARTS) is 1. The Morgan fingerprint density at radius 2 is 2.12 bits per heavy atom. The lowest BCUT2D eigenvalue weighted by atomic mass is 10.3. The molecule has 1 rings (SSSR count). The lowest BCUT2D eigenvalue weighted by Crippen LogP contribution is -2.38. The summed E-state index contributed by atoms with van der Waals surface area (Å²) < 4.78 is 36.3. The molecule has 0 saturated carbocycles. The van der Waals surface area contributed by atoms with Gasteiger partial charge in [0.15, 0.2) is 5.13 Å². The molecule has 0 atom stereocenters. The second-order valence-corrected chi connectivity index (χ2v) is 3.89. The first kappa shape index (κ1) is 13.4. The van der Waals surface area contributed by atoms with Crippen LogP contribution in [0.3, 0.4) is 0 Å². The van der Waals surface area contributed by atoms with E-state index in [9.17, 15) is 22.8 Å². The number of alkyl halides is 3. The summed E-state index contributed by atoms with van der Waals surface area (Å²) in [6, 6.07) is 0. The van der Waals surface area contributed by atoms with Crippen molar-refractivity contribution in [1.82, 2.24) is 4.98 Å². The second kappa shape index (κ2) is 4.70. The van der Waals surface area contributed by atoms with Crippen LogP contribution in [0.4, 0.5) is 18.3 Å². The Balaban J connectivity index is 2.83. The van der Waals surface area contributed by atoms with Crippen LogP contribution in [-0.4, -0.2) is 35.2 Å². The average molecular weight is 268 g/mol. The normalized spacial score (nSPS) is 11.3. The van der Waals surface area contributed by atoms with Crippen molar-refractivity contribution in [2.75, 3.05) is 11.9 Å². The fraction of sp³-hybridized carbons (Fsp3) is 0.375. The van der Waals surface area contributed by atoms with Crippen molar-refractivity contribution in [3.05, 3.63) is 11.1 Å². The maximum absolute atomic E-state index is 12.1. The zero-order valence-electron chi connectivity index (χ0n) is 8.48. The number of anilines is 1. The van der Waals surface area contributed by atoms with Gasteiger partial charge >= 0.3 is 18.1 Å². The molecule has 0 aliphatic carbocycles. The van der Waals surface area contributed by atoms with Gasteiger partial charge in [0.2, 0.25) is 0 Å². The van der Waals surface area contributed by atoms with E-state index in [2.05, 4.69) is 4.98 Å². The minimum atomic E-state index is -4.98. The number of carbonyl (C=O) groups excluding carboxylic acids is 1. The van der Waals surface area contributed by atoms with Gasteiger partial charge in [0, 0.05) is 12.4 Å². The van der Waals surface area contributed by atoms with Crippen LogP contribution in [0.25, 0.3) is 0 Å². The fourth-order valence-corrected chi connectivity index (χ4v) is 1.75. The zero-order chi connectivity index (χ0) is 13.2. The molecule has 5 nitrogen and oxygen atoms in total. The summed E-state index contributed by atoms with van der Waals surface area (Å²) >= 11 is 0.775. The third-order valence-electron chi connectivity index (χ3n) is 1.71. The molecule has 1 amide bonds. The molecule has 0 aliphatic rings. The Labute approximate surface area is 97.5 Å². The molecule has 0 aromatic carbocycles. The number of thiazole rings is 1. The van der Waals surface area contributed by atoms with Crippen molar-refractivity contribution in [3.8, 4) is 0 Å². The Morgan fingerprint density at radius 1 is 1.53 bits per heavy atom. The maximum atomic E-state index is 12.1. The standard InChI is InChI=1S/C8H7F3N2O3S/c1-13(6(16)8(9,10)11)7-12-4(3-17-7)2-5(14)15/h3H,2H2,1H3,(H,14,15). The summed E-state index contributed by atoms with van der Waals surface area (Å²) in [5.74, 6) is -3.19. The van der Waals surface area contributed by atoms with E-state index >= 15 is 0 Å². The predicted molar refractivity (Wildman–Crippen MR) is 52.9 cm³/mol. The molecular weight excluding hydrogens is 261 g/mol. The van der Waals surface area contributed by atoms with E-state index in [1.165, 1.54) is 5.38 Å². The molecule has 0 bridgehead atoms. The van der Waals surface area contributed by atoms with E-state index < -0.39 is 24.5 Å². The van der Waals surface area contributed by atoms with Crippen LogP contribution in [0.15, 0.2) is 5.38 Å². The summed E-state index contributed by atoms with van der Waals surface area (Å²) in [7, 11) is 0.930. The summed E-state index contributed by atoms with van der Waals surface area (Å²) in [6.07, 6.45) is -5.38. The van der Waals surface area contributed by atoms with Crippen LogP contribution < -0.4 is 4.90 Å². The highest BCUT2D eigenvalue weighted by molar-refractivity contribution is 7.14. The highest BCUT2D eigenvalue weighted by Gasteiger charge is 2.42. The highest BCUT2D eigenvalue weighted by Crippen LogP contribution is 2.25. The third-order valence-corrected chi connectivity index (χ3v) is 2.67. The van der Waals surface area contributed by atoms with Gasteiger partial charge in [-0.15, -0.1) is 11.3 Å². The van der Waals surface area contributed by atoms with Crippen molar-refractivity contribution in [1.29, 1.82) is 0 Å². The zero-order valence-corrected chi connectivity index (χ0v) is 9.30. The molecule has 1 heterocycles. The Bertz CT molecular complexity index is 443. The monoisotopic (exact) mass is 268 g/mol. The SMILES string of the molecule is CN(C(=O)C(F)(F)F)c1nc(CC(=O)O)cs1. The minimum absolute atomic E-state index is 0.110. The number of aliphatic carboxylic acids is 1. The van der Waals surface area contributed by atoms with E-state index in [1.54, 1.807) is 0 Å². The van der Waals surface area contributed by atoms with Gasteiger partial charge in [-0.25, -0.2) is 4.98 Å². The van der Waals surface area contributed by atoms with Gasteiger partial charge in [0.05, 0.1) is 12.1 Å². The van der Waals surface area contributed by atoms with E-state index in [4.69, 9.17) is 5.11 Å². The van der Waals surface area contributed by atoms with Crippen molar-refractivity contribution >= 4 is 28.3 Å². The number of hydrogen-bond acceptors (Lipinski definition) is 4. The molecule has 94 valence electrons. The molecule has 1 aromatic heterocycles. The molecule has 0 unspecified atom stereocenters. The van der Waals surface area contributed by atoms with Gasteiger partial charge in [-0.1, -0.05) is 0 Å². The van der Waals surface area contributed by atoms with Crippen LogP contribution in [0.5, 0.6) is 0 Å². The lowest BCUT2D eigenvalue weighted by molar-refractivity contribution is -0.170. The number of carboxylic acids is 1. The summed E-state index contributed by atoms with van der Waals surface area (Å²) in [5, 5.41) is 9.56. The fourth-order valence-electron chi connectivity index (χ4n) is 0.963. The molecule has 1 aromatic rings. The van der Waals surface area contributed by atoms with Gasteiger partial charge in [-0.3, -0.25) is 14.5 Å². The largest absolute Gasteiger partial charge is 0.481 e. The van der Waals surface area contributed by atoms with Gasteiger partial charge in [0.25, 0.3) is 0 Å². The van der Waals surface area contributed by atoms with Crippen molar-refractivity contribution < 1.29 is 27.9 Å². The van der Waals surface area contributed by atoms with E-state index in [0.29, 0.717) is 4.90 Å². The summed E-state index contributed by atoms with van der Waals surface area (Å²) in [4.78, 5) is 25.2. The topological polar surface area (TPSA) is 70.5 Å². The van der Waals surface area contributed by atoms with Crippen molar-refractivity contribution in [2.24, 2.45) is 0 Å². The van der Waals surface area contributed by atoms with Crippen LogP contribution >= 0.6 is 11.3 Å². The first-order valence-electron chi connectivity index (χ1n) is 4.23. The van der Waals surface area contributed by atoms with Gasteiger partial charge in [0.1, 0.15) is 0 Å². The third kappa shape index (κ3) is 3.41. The molecule has 0 fully saturated rings. The average Bonchev–Trinajstić information content (AvgIpc) is 2.61. The first-order chi connectivity index (χ1) is 7.71. The van der Waals surface area contributed by atoms with Crippen LogP contribution in [0.1, 0.15) is 5.69 Å². The van der Waals surface area contributed by atoms with E-state index in [1.807, 2.05) is 0 Å². The Kier molecular flexibility index (Phi) is 3.71. The number of nitrogens with zero attached hydrogens (tertiary/aromatic N) is 2. The molecule has 0 spiro atoms. The van der Waals surface area contributed by atoms with Gasteiger partial charge < -0.3 is 5.11 Å². The molecule has 0 aliphatic heterocycles. The summed E-state index contributed by atoms with van der Waals surface area (Å²) in [5.41, 5.74) is 0.110. The number of halogens is 3. The second-order valence-electron chi connectivity index (χ2n) is 3.05.